The van der Waals surface area contributed by atoms with Gasteiger partial charge >= 0.3 is 0 Å². The van der Waals surface area contributed by atoms with Crippen molar-refractivity contribution < 1.29 is 0 Å². The fraction of sp³-hybridized carbons (Fsp3) is 0.312. The van der Waals surface area contributed by atoms with E-state index in [9.17, 15) is 0 Å². The summed E-state index contributed by atoms with van der Waals surface area (Å²) in [5.74, 6) is 1.13. The van der Waals surface area contributed by atoms with Gasteiger partial charge in [0.25, 0.3) is 0 Å². The SMILES string of the molecule is c1ccc(-c2csc3nc(N4CCCCC4)cn23)cc1. The van der Waals surface area contributed by atoms with Gasteiger partial charge in [-0.3, -0.25) is 4.40 Å². The largest absolute Gasteiger partial charge is 0.355 e. The maximum atomic E-state index is 4.79. The van der Waals surface area contributed by atoms with Gasteiger partial charge < -0.3 is 4.90 Å². The monoisotopic (exact) mass is 283 g/mol. The normalized spacial score (nSPS) is 15.9. The summed E-state index contributed by atoms with van der Waals surface area (Å²) in [6, 6.07) is 10.5. The second-order valence-corrected chi connectivity index (χ2v) is 6.12. The second-order valence-electron chi connectivity index (χ2n) is 5.29. The van der Waals surface area contributed by atoms with Gasteiger partial charge in [0.2, 0.25) is 0 Å². The number of rotatable bonds is 2. The van der Waals surface area contributed by atoms with E-state index < -0.39 is 0 Å². The number of imidazole rings is 1. The molecule has 0 amide bonds. The van der Waals surface area contributed by atoms with E-state index in [-0.39, 0.29) is 0 Å². The topological polar surface area (TPSA) is 20.5 Å². The lowest BCUT2D eigenvalue weighted by Crippen LogP contribution is -2.29. The molecule has 1 aromatic carbocycles. The predicted molar refractivity (Wildman–Crippen MR) is 84.6 cm³/mol. The van der Waals surface area contributed by atoms with E-state index in [1.807, 2.05) is 0 Å². The summed E-state index contributed by atoms with van der Waals surface area (Å²) < 4.78 is 2.23. The van der Waals surface area contributed by atoms with E-state index in [0.717, 1.165) is 23.9 Å². The highest BCUT2D eigenvalue weighted by atomic mass is 32.1. The van der Waals surface area contributed by atoms with Crippen molar-refractivity contribution in [1.29, 1.82) is 0 Å². The Morgan fingerprint density at radius 3 is 2.60 bits per heavy atom. The molecule has 1 fully saturated rings. The predicted octanol–water partition coefficient (Wildman–Crippen LogP) is 4.05. The molecule has 3 nitrogen and oxygen atoms in total. The van der Waals surface area contributed by atoms with E-state index in [1.54, 1.807) is 11.3 Å². The van der Waals surface area contributed by atoms with Crippen molar-refractivity contribution in [2.45, 2.75) is 19.3 Å². The number of hydrogen-bond acceptors (Lipinski definition) is 3. The number of benzene rings is 1. The molecule has 20 heavy (non-hydrogen) atoms. The molecule has 3 heterocycles. The van der Waals surface area contributed by atoms with Crippen LogP contribution < -0.4 is 4.90 Å². The van der Waals surface area contributed by atoms with Crippen LogP contribution in [0.1, 0.15) is 19.3 Å². The summed E-state index contributed by atoms with van der Waals surface area (Å²) in [5, 5.41) is 2.19. The highest BCUT2D eigenvalue weighted by Crippen LogP contribution is 2.29. The lowest BCUT2D eigenvalue weighted by atomic mass is 10.1. The highest BCUT2D eigenvalue weighted by molar-refractivity contribution is 7.15. The average molecular weight is 283 g/mol. The molecule has 0 spiro atoms. The fourth-order valence-electron chi connectivity index (χ4n) is 2.86. The quantitative estimate of drug-likeness (QED) is 0.707. The lowest BCUT2D eigenvalue weighted by molar-refractivity contribution is 0.574. The Balaban J connectivity index is 1.75. The summed E-state index contributed by atoms with van der Waals surface area (Å²) in [6.07, 6.45) is 6.13. The van der Waals surface area contributed by atoms with Gasteiger partial charge in [-0.25, -0.2) is 4.98 Å². The molecule has 4 rings (SSSR count). The van der Waals surface area contributed by atoms with E-state index in [1.165, 1.54) is 30.5 Å². The molecule has 1 saturated heterocycles. The minimum Gasteiger partial charge on any atom is -0.355 e. The Morgan fingerprint density at radius 2 is 1.80 bits per heavy atom. The smallest absolute Gasteiger partial charge is 0.196 e. The first-order valence-corrected chi connectivity index (χ1v) is 8.07. The minimum absolute atomic E-state index is 1.09. The Morgan fingerprint density at radius 1 is 1.00 bits per heavy atom. The molecule has 0 aliphatic carbocycles. The van der Waals surface area contributed by atoms with E-state index >= 15 is 0 Å². The summed E-state index contributed by atoms with van der Waals surface area (Å²) >= 11 is 1.72. The van der Waals surface area contributed by atoms with Gasteiger partial charge in [0.05, 0.1) is 11.9 Å². The van der Waals surface area contributed by atoms with Crippen LogP contribution in [0.5, 0.6) is 0 Å². The van der Waals surface area contributed by atoms with Gasteiger partial charge in [-0.2, -0.15) is 0 Å². The molecule has 0 bridgehead atoms. The molecule has 0 saturated carbocycles. The van der Waals surface area contributed by atoms with Gasteiger partial charge in [-0.05, 0) is 24.8 Å². The van der Waals surface area contributed by atoms with Crippen LogP contribution in [0.4, 0.5) is 5.82 Å². The molecule has 4 heteroatoms. The van der Waals surface area contributed by atoms with Crippen LogP contribution in [0.25, 0.3) is 16.2 Å². The van der Waals surface area contributed by atoms with Crippen LogP contribution in [0.15, 0.2) is 41.9 Å². The molecule has 0 unspecified atom stereocenters. The van der Waals surface area contributed by atoms with Gasteiger partial charge in [-0.15, -0.1) is 11.3 Å². The van der Waals surface area contributed by atoms with Gasteiger partial charge in [0.1, 0.15) is 5.82 Å². The number of piperidine rings is 1. The zero-order chi connectivity index (χ0) is 13.4. The van der Waals surface area contributed by atoms with E-state index in [0.29, 0.717) is 0 Å². The summed E-state index contributed by atoms with van der Waals surface area (Å²) in [4.78, 5) is 8.29. The van der Waals surface area contributed by atoms with Crippen molar-refractivity contribution in [2.24, 2.45) is 0 Å². The van der Waals surface area contributed by atoms with Crippen molar-refractivity contribution in [2.75, 3.05) is 18.0 Å². The van der Waals surface area contributed by atoms with Crippen molar-refractivity contribution in [3.63, 3.8) is 0 Å². The molecular formula is C16H17N3S. The first-order chi connectivity index (χ1) is 9.92. The molecule has 0 radical (unpaired) electrons. The minimum atomic E-state index is 1.09. The number of aromatic nitrogens is 2. The summed E-state index contributed by atoms with van der Waals surface area (Å²) in [5.41, 5.74) is 2.49. The van der Waals surface area contributed by atoms with Gasteiger partial charge in [0.15, 0.2) is 4.96 Å². The van der Waals surface area contributed by atoms with Gasteiger partial charge in [-0.1, -0.05) is 30.3 Å². The number of fused-ring (bicyclic) bond motifs is 1. The van der Waals surface area contributed by atoms with Crippen LogP contribution in [0.3, 0.4) is 0 Å². The fourth-order valence-corrected chi connectivity index (χ4v) is 3.74. The second kappa shape index (κ2) is 4.94. The van der Waals surface area contributed by atoms with E-state index in [4.69, 9.17) is 4.98 Å². The molecule has 102 valence electrons. The maximum Gasteiger partial charge on any atom is 0.196 e. The van der Waals surface area contributed by atoms with Crippen LogP contribution >= 0.6 is 11.3 Å². The van der Waals surface area contributed by atoms with Crippen LogP contribution in [0.2, 0.25) is 0 Å². The molecular weight excluding hydrogens is 266 g/mol. The average Bonchev–Trinajstić information content (AvgIpc) is 3.09. The molecule has 0 atom stereocenters. The number of anilines is 1. The third-order valence-corrected chi connectivity index (χ3v) is 4.79. The standard InChI is InChI=1S/C16H17N3S/c1-3-7-13(8-4-1)14-12-20-16-17-15(11-19(14)16)18-9-5-2-6-10-18/h1,3-4,7-8,11-12H,2,5-6,9-10H2. The molecule has 3 aromatic rings. The maximum absolute atomic E-state index is 4.79. The zero-order valence-corrected chi connectivity index (χ0v) is 12.1. The Bertz CT molecular complexity index is 708. The molecule has 1 aliphatic heterocycles. The van der Waals surface area contributed by atoms with E-state index in [2.05, 4.69) is 51.2 Å². The van der Waals surface area contributed by atoms with Crippen molar-refractivity contribution >= 4 is 22.1 Å². The van der Waals surface area contributed by atoms with Gasteiger partial charge in [0, 0.05) is 18.5 Å². The number of thiazole rings is 1. The molecule has 0 N–H and O–H groups in total. The molecule has 2 aromatic heterocycles. The zero-order valence-electron chi connectivity index (χ0n) is 11.3. The van der Waals surface area contributed by atoms with Crippen molar-refractivity contribution in [3.05, 3.63) is 41.9 Å². The highest BCUT2D eigenvalue weighted by Gasteiger charge is 2.16. The third-order valence-electron chi connectivity index (χ3n) is 3.95. The lowest BCUT2D eigenvalue weighted by Gasteiger charge is -2.26. The Kier molecular flexibility index (Phi) is 2.96. The third kappa shape index (κ3) is 2.00. The van der Waals surface area contributed by atoms with Crippen molar-refractivity contribution in [3.8, 4) is 11.3 Å². The first kappa shape index (κ1) is 12.0. The summed E-state index contributed by atoms with van der Waals surface area (Å²) in [7, 11) is 0. The molecule has 1 aliphatic rings. The number of hydrogen-bond donors (Lipinski definition) is 0. The first-order valence-electron chi connectivity index (χ1n) is 7.19. The van der Waals surface area contributed by atoms with Crippen molar-refractivity contribution in [1.82, 2.24) is 9.38 Å². The Labute approximate surface area is 122 Å². The number of nitrogens with zero attached hydrogens (tertiary/aromatic N) is 3. The van der Waals surface area contributed by atoms with Crippen LogP contribution in [-0.2, 0) is 0 Å². The van der Waals surface area contributed by atoms with Crippen LogP contribution in [0, 0.1) is 0 Å². The Hall–Kier alpha value is -1.81. The van der Waals surface area contributed by atoms with Crippen LogP contribution in [-0.4, -0.2) is 22.5 Å². The summed E-state index contributed by atoms with van der Waals surface area (Å²) in [6.45, 7) is 2.29.